The predicted molar refractivity (Wildman–Crippen MR) is 96.3 cm³/mol. The molecule has 0 aromatic carbocycles. The molecule has 1 aromatic rings. The lowest BCUT2D eigenvalue weighted by Gasteiger charge is -2.39. The third kappa shape index (κ3) is 3.92. The molecule has 0 bridgehead atoms. The lowest BCUT2D eigenvalue weighted by atomic mass is 9.80. The van der Waals surface area contributed by atoms with E-state index in [0.29, 0.717) is 32.4 Å². The standard InChI is InChI=1S/C19H28N2O5/c1-4-14-13(17(23)24)12-15(26-14)16(22)20-19(10-8-7-9-11-19)18(25)21(5-2)6-3/h12H,4-11H2,1-3H3,(H,20,22)(H,23,24). The molecule has 1 aliphatic carbocycles. The van der Waals surface area contributed by atoms with Gasteiger partial charge in [-0.15, -0.1) is 0 Å². The van der Waals surface area contributed by atoms with Gasteiger partial charge in [-0.1, -0.05) is 26.2 Å². The molecule has 0 radical (unpaired) electrons. The minimum absolute atomic E-state index is 0.00888. The van der Waals surface area contributed by atoms with Crippen LogP contribution in [0.2, 0.25) is 0 Å². The fourth-order valence-corrected chi connectivity index (χ4v) is 3.62. The quantitative estimate of drug-likeness (QED) is 0.775. The van der Waals surface area contributed by atoms with Crippen molar-refractivity contribution in [2.75, 3.05) is 13.1 Å². The molecule has 0 saturated heterocycles. The summed E-state index contributed by atoms with van der Waals surface area (Å²) in [6, 6.07) is 1.24. The third-order valence-electron chi connectivity index (χ3n) is 5.10. The lowest BCUT2D eigenvalue weighted by Crippen LogP contribution is -2.60. The van der Waals surface area contributed by atoms with Gasteiger partial charge >= 0.3 is 5.97 Å². The number of likely N-dealkylation sites (N-methyl/N-ethyl adjacent to an activating group) is 1. The number of carbonyl (C=O) groups is 3. The smallest absolute Gasteiger partial charge is 0.339 e. The molecule has 7 heteroatoms. The molecule has 7 nitrogen and oxygen atoms in total. The van der Waals surface area contributed by atoms with Gasteiger partial charge in [-0.3, -0.25) is 9.59 Å². The maximum atomic E-state index is 13.1. The highest BCUT2D eigenvalue weighted by Crippen LogP contribution is 2.31. The van der Waals surface area contributed by atoms with Crippen molar-refractivity contribution in [3.8, 4) is 0 Å². The Morgan fingerprint density at radius 1 is 1.15 bits per heavy atom. The van der Waals surface area contributed by atoms with Gasteiger partial charge in [-0.2, -0.15) is 0 Å². The Morgan fingerprint density at radius 2 is 1.77 bits per heavy atom. The van der Waals surface area contributed by atoms with E-state index in [9.17, 15) is 19.5 Å². The highest BCUT2D eigenvalue weighted by molar-refractivity contribution is 5.99. The first-order valence-electron chi connectivity index (χ1n) is 9.36. The summed E-state index contributed by atoms with van der Waals surface area (Å²) in [5.74, 6) is -1.53. The first-order chi connectivity index (χ1) is 12.4. The van der Waals surface area contributed by atoms with E-state index in [-0.39, 0.29) is 23.0 Å². The zero-order chi connectivity index (χ0) is 19.3. The number of amides is 2. The van der Waals surface area contributed by atoms with Crippen LogP contribution < -0.4 is 5.32 Å². The van der Waals surface area contributed by atoms with Crippen LogP contribution >= 0.6 is 0 Å². The van der Waals surface area contributed by atoms with Crippen molar-refractivity contribution < 1.29 is 23.9 Å². The molecule has 1 fully saturated rings. The summed E-state index contributed by atoms with van der Waals surface area (Å²) in [5, 5.41) is 12.1. The number of hydrogen-bond acceptors (Lipinski definition) is 4. The first-order valence-corrected chi connectivity index (χ1v) is 9.36. The van der Waals surface area contributed by atoms with E-state index < -0.39 is 17.4 Å². The Kier molecular flexibility index (Phi) is 6.45. The zero-order valence-electron chi connectivity index (χ0n) is 15.8. The predicted octanol–water partition coefficient (Wildman–Crippen LogP) is 2.84. The van der Waals surface area contributed by atoms with Crippen LogP contribution in [0.4, 0.5) is 0 Å². The van der Waals surface area contributed by atoms with Crippen LogP contribution in [0.5, 0.6) is 0 Å². The number of carboxylic acid groups (broad SMARTS) is 1. The normalized spacial score (nSPS) is 16.1. The molecule has 0 spiro atoms. The van der Waals surface area contributed by atoms with Crippen LogP contribution in [0.3, 0.4) is 0 Å². The molecule has 2 N–H and O–H groups in total. The van der Waals surface area contributed by atoms with Crippen molar-refractivity contribution in [2.45, 2.75) is 64.8 Å². The van der Waals surface area contributed by atoms with Gasteiger partial charge in [0, 0.05) is 25.6 Å². The van der Waals surface area contributed by atoms with Gasteiger partial charge in [0.25, 0.3) is 5.91 Å². The van der Waals surface area contributed by atoms with Gasteiger partial charge in [-0.05, 0) is 26.7 Å². The van der Waals surface area contributed by atoms with Gasteiger partial charge in [-0.25, -0.2) is 4.79 Å². The maximum Gasteiger partial charge on any atom is 0.339 e. The van der Waals surface area contributed by atoms with E-state index >= 15 is 0 Å². The minimum atomic E-state index is -1.13. The summed E-state index contributed by atoms with van der Waals surface area (Å²) in [7, 11) is 0. The second-order valence-corrected chi connectivity index (χ2v) is 6.68. The van der Waals surface area contributed by atoms with Crippen molar-refractivity contribution in [3.05, 3.63) is 23.2 Å². The van der Waals surface area contributed by atoms with Crippen molar-refractivity contribution >= 4 is 17.8 Å². The average Bonchev–Trinajstić information content (AvgIpc) is 3.08. The molecule has 1 aromatic heterocycles. The third-order valence-corrected chi connectivity index (χ3v) is 5.10. The number of furan rings is 1. The molecule has 1 heterocycles. The molecular weight excluding hydrogens is 336 g/mol. The van der Waals surface area contributed by atoms with E-state index in [0.717, 1.165) is 19.3 Å². The Balaban J connectivity index is 2.29. The van der Waals surface area contributed by atoms with E-state index in [2.05, 4.69) is 5.32 Å². The molecule has 144 valence electrons. The van der Waals surface area contributed by atoms with Gasteiger partial charge in [0.1, 0.15) is 16.9 Å². The van der Waals surface area contributed by atoms with Crippen LogP contribution in [0, 0.1) is 0 Å². The summed E-state index contributed by atoms with van der Waals surface area (Å²) < 4.78 is 5.45. The Hall–Kier alpha value is -2.31. The first kappa shape index (κ1) is 20.0. The second-order valence-electron chi connectivity index (χ2n) is 6.68. The Labute approximate surface area is 153 Å². The minimum Gasteiger partial charge on any atom is -0.478 e. The fourth-order valence-electron chi connectivity index (χ4n) is 3.62. The van der Waals surface area contributed by atoms with Crippen LogP contribution in [-0.4, -0.2) is 46.4 Å². The zero-order valence-corrected chi connectivity index (χ0v) is 15.8. The number of nitrogens with one attached hydrogen (secondary N) is 1. The van der Waals surface area contributed by atoms with Crippen molar-refractivity contribution in [3.63, 3.8) is 0 Å². The Bertz CT molecular complexity index is 669. The van der Waals surface area contributed by atoms with Crippen LogP contribution in [-0.2, 0) is 11.2 Å². The summed E-state index contributed by atoms with van der Waals surface area (Å²) in [6.45, 7) is 6.76. The van der Waals surface area contributed by atoms with E-state index in [1.54, 1.807) is 11.8 Å². The number of aromatic carboxylic acids is 1. The van der Waals surface area contributed by atoms with Gasteiger partial charge in [0.05, 0.1) is 0 Å². The van der Waals surface area contributed by atoms with Crippen LogP contribution in [0.15, 0.2) is 10.5 Å². The number of hydrogen-bond donors (Lipinski definition) is 2. The maximum absolute atomic E-state index is 13.1. The van der Waals surface area contributed by atoms with Gasteiger partial charge in [0.15, 0.2) is 5.76 Å². The number of carbonyl (C=O) groups excluding carboxylic acids is 2. The highest BCUT2D eigenvalue weighted by Gasteiger charge is 2.43. The van der Waals surface area contributed by atoms with Crippen molar-refractivity contribution in [1.29, 1.82) is 0 Å². The molecule has 2 rings (SSSR count). The molecule has 0 atom stereocenters. The number of carboxylic acids is 1. The molecule has 1 saturated carbocycles. The largest absolute Gasteiger partial charge is 0.478 e. The second kappa shape index (κ2) is 8.38. The molecule has 26 heavy (non-hydrogen) atoms. The summed E-state index contributed by atoms with van der Waals surface area (Å²) in [6.07, 6.45) is 4.31. The summed E-state index contributed by atoms with van der Waals surface area (Å²) >= 11 is 0. The molecular formula is C19H28N2O5. The SMILES string of the molecule is CCc1oc(C(=O)NC2(C(=O)N(CC)CC)CCCCC2)cc1C(=O)O. The number of aryl methyl sites for hydroxylation is 1. The molecule has 0 aliphatic heterocycles. The van der Waals surface area contributed by atoms with Crippen molar-refractivity contribution in [1.82, 2.24) is 10.2 Å². The molecule has 0 unspecified atom stereocenters. The Morgan fingerprint density at radius 3 is 2.23 bits per heavy atom. The summed E-state index contributed by atoms with van der Waals surface area (Å²) in [5.41, 5.74) is -0.949. The average molecular weight is 364 g/mol. The summed E-state index contributed by atoms with van der Waals surface area (Å²) in [4.78, 5) is 38.9. The monoisotopic (exact) mass is 364 g/mol. The molecule has 2 amide bonds. The van der Waals surface area contributed by atoms with Gasteiger partial charge < -0.3 is 19.7 Å². The van der Waals surface area contributed by atoms with Crippen LogP contribution in [0.25, 0.3) is 0 Å². The highest BCUT2D eigenvalue weighted by atomic mass is 16.4. The number of nitrogens with zero attached hydrogens (tertiary/aromatic N) is 1. The van der Waals surface area contributed by atoms with Gasteiger partial charge in [0.2, 0.25) is 5.91 Å². The van der Waals surface area contributed by atoms with E-state index in [1.807, 2.05) is 13.8 Å². The molecule has 1 aliphatic rings. The van der Waals surface area contributed by atoms with Crippen LogP contribution in [0.1, 0.15) is 79.5 Å². The fraction of sp³-hybridized carbons (Fsp3) is 0.632. The number of rotatable bonds is 7. The topological polar surface area (TPSA) is 99.9 Å². The lowest BCUT2D eigenvalue weighted by molar-refractivity contribution is -0.139. The van der Waals surface area contributed by atoms with Crippen molar-refractivity contribution in [2.24, 2.45) is 0 Å². The van der Waals surface area contributed by atoms with E-state index in [1.165, 1.54) is 6.07 Å². The van der Waals surface area contributed by atoms with E-state index in [4.69, 9.17) is 4.42 Å².